The Morgan fingerprint density at radius 2 is 1.95 bits per heavy atom. The normalized spacial score (nSPS) is 29.1. The number of carboxylic acids is 1. The van der Waals surface area contributed by atoms with E-state index in [1.807, 2.05) is 0 Å². The SMILES string of the molecule is CC(C)(C(=O)O)S(=O)C1CCOC2(CCCCC2)C1. The van der Waals surface area contributed by atoms with Crippen LogP contribution in [0.25, 0.3) is 0 Å². The van der Waals surface area contributed by atoms with E-state index in [9.17, 15) is 14.1 Å². The summed E-state index contributed by atoms with van der Waals surface area (Å²) in [5.74, 6) is -0.977. The quantitative estimate of drug-likeness (QED) is 0.866. The van der Waals surface area contributed by atoms with Crippen LogP contribution >= 0.6 is 0 Å². The van der Waals surface area contributed by atoms with Gasteiger partial charge in [0, 0.05) is 22.7 Å². The van der Waals surface area contributed by atoms with Crippen molar-refractivity contribution < 1.29 is 18.8 Å². The highest BCUT2D eigenvalue weighted by molar-refractivity contribution is 7.87. The zero-order valence-corrected chi connectivity index (χ0v) is 12.6. The molecular weight excluding hydrogens is 264 g/mol. The number of carbonyl (C=O) groups is 1. The molecule has 0 bridgehead atoms. The monoisotopic (exact) mass is 288 g/mol. The second-order valence-electron chi connectivity index (χ2n) is 6.32. The molecular formula is C14H24O4S. The predicted molar refractivity (Wildman–Crippen MR) is 74.6 cm³/mol. The third-order valence-electron chi connectivity index (χ3n) is 4.53. The van der Waals surface area contributed by atoms with E-state index in [-0.39, 0.29) is 10.9 Å². The molecule has 0 aromatic heterocycles. The summed E-state index contributed by atoms with van der Waals surface area (Å²) in [7, 11) is -1.35. The van der Waals surface area contributed by atoms with E-state index in [0.717, 1.165) is 19.3 Å². The van der Waals surface area contributed by atoms with Gasteiger partial charge in [-0.1, -0.05) is 19.3 Å². The minimum Gasteiger partial charge on any atom is -0.480 e. The third kappa shape index (κ3) is 3.02. The van der Waals surface area contributed by atoms with Crippen LogP contribution in [-0.4, -0.2) is 37.5 Å². The Hall–Kier alpha value is -0.420. The molecule has 2 fully saturated rings. The van der Waals surface area contributed by atoms with Crippen molar-refractivity contribution in [3.8, 4) is 0 Å². The molecule has 110 valence electrons. The van der Waals surface area contributed by atoms with Gasteiger partial charge in [0.1, 0.15) is 4.75 Å². The largest absolute Gasteiger partial charge is 0.480 e. The highest BCUT2D eigenvalue weighted by Gasteiger charge is 2.45. The minimum atomic E-state index is -1.35. The van der Waals surface area contributed by atoms with Gasteiger partial charge in [-0.05, 0) is 39.5 Å². The van der Waals surface area contributed by atoms with Crippen molar-refractivity contribution in [2.75, 3.05) is 6.61 Å². The van der Waals surface area contributed by atoms with Gasteiger partial charge in [-0.25, -0.2) is 0 Å². The molecule has 1 heterocycles. The van der Waals surface area contributed by atoms with E-state index in [1.165, 1.54) is 19.3 Å². The van der Waals surface area contributed by atoms with Crippen LogP contribution in [-0.2, 0) is 20.3 Å². The van der Waals surface area contributed by atoms with Crippen molar-refractivity contribution in [3.63, 3.8) is 0 Å². The Morgan fingerprint density at radius 3 is 2.53 bits per heavy atom. The van der Waals surface area contributed by atoms with E-state index in [2.05, 4.69) is 0 Å². The fourth-order valence-electron chi connectivity index (χ4n) is 3.21. The molecule has 0 aromatic rings. The lowest BCUT2D eigenvalue weighted by molar-refractivity contribution is -0.139. The summed E-state index contributed by atoms with van der Waals surface area (Å²) >= 11 is 0. The van der Waals surface area contributed by atoms with Gasteiger partial charge in [0.25, 0.3) is 0 Å². The van der Waals surface area contributed by atoms with Gasteiger partial charge >= 0.3 is 5.97 Å². The molecule has 5 heteroatoms. The maximum absolute atomic E-state index is 12.6. The summed E-state index contributed by atoms with van der Waals surface area (Å²) in [6, 6.07) is 0. The summed E-state index contributed by atoms with van der Waals surface area (Å²) in [4.78, 5) is 11.2. The molecule has 1 saturated carbocycles. The molecule has 1 aliphatic carbocycles. The van der Waals surface area contributed by atoms with Crippen LogP contribution in [0.3, 0.4) is 0 Å². The van der Waals surface area contributed by atoms with Crippen LogP contribution in [0.4, 0.5) is 0 Å². The maximum Gasteiger partial charge on any atom is 0.321 e. The summed E-state index contributed by atoms with van der Waals surface area (Å²) in [5, 5.41) is 9.18. The van der Waals surface area contributed by atoms with Crippen molar-refractivity contribution in [2.24, 2.45) is 0 Å². The lowest BCUT2D eigenvalue weighted by Crippen LogP contribution is -2.49. The van der Waals surface area contributed by atoms with Crippen LogP contribution in [0.15, 0.2) is 0 Å². The van der Waals surface area contributed by atoms with Crippen LogP contribution in [0.2, 0.25) is 0 Å². The number of hydrogen-bond donors (Lipinski definition) is 1. The smallest absolute Gasteiger partial charge is 0.321 e. The fourth-order valence-corrected chi connectivity index (χ4v) is 4.98. The molecule has 2 rings (SSSR count). The standard InChI is InChI=1S/C14H24O4S/c1-13(2,12(15)16)19(17)11-6-9-18-14(10-11)7-4-3-5-8-14/h11H,3-10H2,1-2H3,(H,15,16). The fraction of sp³-hybridized carbons (Fsp3) is 0.929. The average Bonchev–Trinajstić information content (AvgIpc) is 2.38. The molecule has 1 aliphatic heterocycles. The van der Waals surface area contributed by atoms with Crippen LogP contribution < -0.4 is 0 Å². The number of aliphatic carboxylic acids is 1. The van der Waals surface area contributed by atoms with Crippen LogP contribution in [0.5, 0.6) is 0 Å². The topological polar surface area (TPSA) is 63.6 Å². The van der Waals surface area contributed by atoms with E-state index in [0.29, 0.717) is 13.0 Å². The Bertz CT molecular complexity index is 366. The zero-order chi connectivity index (χ0) is 14.1. The van der Waals surface area contributed by atoms with Gasteiger partial charge in [-0.2, -0.15) is 0 Å². The summed E-state index contributed by atoms with van der Waals surface area (Å²) < 4.78 is 17.4. The predicted octanol–water partition coefficient (Wildman–Crippen LogP) is 2.48. The van der Waals surface area contributed by atoms with E-state index >= 15 is 0 Å². The molecule has 2 unspecified atom stereocenters. The zero-order valence-electron chi connectivity index (χ0n) is 11.8. The number of ether oxygens (including phenoxy) is 1. The Labute approximate surface area is 117 Å². The van der Waals surface area contributed by atoms with E-state index in [4.69, 9.17) is 4.74 Å². The molecule has 2 atom stereocenters. The van der Waals surface area contributed by atoms with Crippen molar-refractivity contribution in [1.82, 2.24) is 0 Å². The molecule has 1 N–H and O–H groups in total. The van der Waals surface area contributed by atoms with Gasteiger partial charge in [0.15, 0.2) is 0 Å². The number of hydrogen-bond acceptors (Lipinski definition) is 3. The second kappa shape index (κ2) is 5.52. The molecule has 19 heavy (non-hydrogen) atoms. The van der Waals surface area contributed by atoms with Gasteiger partial charge < -0.3 is 9.84 Å². The summed E-state index contributed by atoms with van der Waals surface area (Å²) in [6.07, 6.45) is 7.13. The first kappa shape index (κ1) is 15.0. The van der Waals surface area contributed by atoms with Crippen molar-refractivity contribution in [3.05, 3.63) is 0 Å². The molecule has 0 radical (unpaired) electrons. The van der Waals surface area contributed by atoms with Gasteiger partial charge in [-0.3, -0.25) is 9.00 Å². The Kier molecular flexibility index (Phi) is 4.35. The van der Waals surface area contributed by atoms with Crippen LogP contribution in [0.1, 0.15) is 58.8 Å². The van der Waals surface area contributed by atoms with Crippen molar-refractivity contribution >= 4 is 16.8 Å². The number of rotatable bonds is 3. The maximum atomic E-state index is 12.6. The van der Waals surface area contributed by atoms with Gasteiger partial charge in [0.05, 0.1) is 5.60 Å². The number of carboxylic acid groups (broad SMARTS) is 1. The van der Waals surface area contributed by atoms with Crippen molar-refractivity contribution in [2.45, 2.75) is 74.4 Å². The van der Waals surface area contributed by atoms with Crippen LogP contribution in [0, 0.1) is 0 Å². The highest BCUT2D eigenvalue weighted by atomic mass is 32.2. The first-order valence-electron chi connectivity index (χ1n) is 7.15. The lowest BCUT2D eigenvalue weighted by atomic mass is 9.80. The molecule has 0 amide bonds. The summed E-state index contributed by atoms with van der Waals surface area (Å²) in [5.41, 5.74) is -0.120. The molecule has 1 saturated heterocycles. The molecule has 2 aliphatic rings. The van der Waals surface area contributed by atoms with Gasteiger partial charge in [0.2, 0.25) is 0 Å². The Morgan fingerprint density at radius 1 is 1.32 bits per heavy atom. The van der Waals surface area contributed by atoms with E-state index in [1.54, 1.807) is 13.8 Å². The third-order valence-corrected chi connectivity index (χ3v) is 6.72. The molecule has 0 aromatic carbocycles. The van der Waals surface area contributed by atoms with Crippen molar-refractivity contribution in [1.29, 1.82) is 0 Å². The summed E-state index contributed by atoms with van der Waals surface area (Å²) in [6.45, 7) is 3.75. The molecule has 4 nitrogen and oxygen atoms in total. The second-order valence-corrected chi connectivity index (χ2v) is 8.60. The van der Waals surface area contributed by atoms with E-state index < -0.39 is 21.5 Å². The minimum absolute atomic E-state index is 0.0436. The first-order valence-corrected chi connectivity index (χ1v) is 8.37. The molecule has 1 spiro atoms. The average molecular weight is 288 g/mol. The van der Waals surface area contributed by atoms with Gasteiger partial charge in [-0.15, -0.1) is 0 Å². The lowest BCUT2D eigenvalue weighted by Gasteiger charge is -2.44. The Balaban J connectivity index is 2.09. The first-order chi connectivity index (χ1) is 8.87. The highest BCUT2D eigenvalue weighted by Crippen LogP contribution is 2.41.